The van der Waals surface area contributed by atoms with Crippen LogP contribution in [0.4, 0.5) is 0 Å². The Kier molecular flexibility index (Phi) is 5.44. The first-order valence-corrected chi connectivity index (χ1v) is 9.94. The Labute approximate surface area is 167 Å². The van der Waals surface area contributed by atoms with Gasteiger partial charge in [0.05, 0.1) is 10.9 Å². The second-order valence-corrected chi connectivity index (χ2v) is 7.54. The number of rotatable bonds is 4. The molecule has 1 aliphatic carbocycles. The molecule has 3 aromatic rings. The molecule has 0 saturated heterocycles. The maximum Gasteiger partial charge on any atom is 0.326 e. The topological polar surface area (TPSA) is 61.2 Å². The highest BCUT2D eigenvalue weighted by atomic mass is 35.5. The number of aromatic nitrogens is 2. The van der Waals surface area contributed by atoms with Crippen molar-refractivity contribution in [1.82, 2.24) is 9.55 Å². The molecule has 1 fully saturated rings. The number of fused-ring (bicyclic) bond motifs is 1. The van der Waals surface area contributed by atoms with Crippen LogP contribution in [0.1, 0.15) is 32.1 Å². The summed E-state index contributed by atoms with van der Waals surface area (Å²) >= 11 is 5.99. The molecule has 1 aliphatic rings. The number of carbonyl (C=O) groups excluding carboxylic acids is 1. The van der Waals surface area contributed by atoms with Crippen molar-refractivity contribution < 1.29 is 9.53 Å². The second kappa shape index (κ2) is 8.15. The summed E-state index contributed by atoms with van der Waals surface area (Å²) in [6.07, 6.45) is 5.06. The van der Waals surface area contributed by atoms with Crippen LogP contribution in [0.2, 0.25) is 5.02 Å². The van der Waals surface area contributed by atoms with Crippen molar-refractivity contribution >= 4 is 28.5 Å². The molecule has 0 radical (unpaired) electrons. The standard InChI is InChI=1S/C22H21ClN2O3/c23-16-12-10-15(11-13-16)21-24-19-9-5-4-8-18(19)22(27)25(21)14-20(26)28-17-6-2-1-3-7-17/h4-5,8-13,17H,1-3,6-7,14H2. The lowest BCUT2D eigenvalue weighted by Gasteiger charge is -2.22. The Morgan fingerprint density at radius 1 is 1.07 bits per heavy atom. The van der Waals surface area contributed by atoms with E-state index in [9.17, 15) is 9.59 Å². The van der Waals surface area contributed by atoms with Crippen LogP contribution in [-0.2, 0) is 16.1 Å². The first kappa shape index (κ1) is 18.7. The van der Waals surface area contributed by atoms with E-state index in [0.717, 1.165) is 31.2 Å². The van der Waals surface area contributed by atoms with Gasteiger partial charge in [-0.15, -0.1) is 0 Å². The zero-order valence-electron chi connectivity index (χ0n) is 15.4. The van der Waals surface area contributed by atoms with Gasteiger partial charge >= 0.3 is 5.97 Å². The molecule has 144 valence electrons. The Balaban J connectivity index is 1.73. The number of hydrogen-bond acceptors (Lipinski definition) is 4. The molecular formula is C22H21ClN2O3. The number of carbonyl (C=O) groups is 1. The summed E-state index contributed by atoms with van der Waals surface area (Å²) in [5.41, 5.74) is 1.06. The summed E-state index contributed by atoms with van der Waals surface area (Å²) < 4.78 is 7.02. The number of esters is 1. The van der Waals surface area contributed by atoms with Gasteiger partial charge < -0.3 is 4.74 Å². The summed E-state index contributed by atoms with van der Waals surface area (Å²) in [6.45, 7) is -0.162. The third-order valence-corrected chi connectivity index (χ3v) is 5.35. The molecule has 4 rings (SSSR count). The van der Waals surface area contributed by atoms with E-state index in [1.807, 2.05) is 6.07 Å². The molecule has 0 amide bonds. The van der Waals surface area contributed by atoms with Crippen LogP contribution < -0.4 is 5.56 Å². The zero-order chi connectivity index (χ0) is 19.5. The smallest absolute Gasteiger partial charge is 0.326 e. The summed E-state index contributed by atoms with van der Waals surface area (Å²) in [7, 11) is 0. The fourth-order valence-corrected chi connectivity index (χ4v) is 3.80. The van der Waals surface area contributed by atoms with Gasteiger partial charge in [0.15, 0.2) is 0 Å². The van der Waals surface area contributed by atoms with E-state index in [0.29, 0.717) is 21.7 Å². The Bertz CT molecular complexity index is 1050. The van der Waals surface area contributed by atoms with Crippen LogP contribution in [-0.4, -0.2) is 21.6 Å². The number of hydrogen-bond donors (Lipinski definition) is 0. The lowest BCUT2D eigenvalue weighted by Crippen LogP contribution is -2.30. The average molecular weight is 397 g/mol. The molecule has 0 bridgehead atoms. The van der Waals surface area contributed by atoms with Gasteiger partial charge in [-0.2, -0.15) is 0 Å². The Morgan fingerprint density at radius 2 is 1.79 bits per heavy atom. The van der Waals surface area contributed by atoms with Crippen molar-refractivity contribution in [2.75, 3.05) is 0 Å². The SMILES string of the molecule is O=C(Cn1c(-c2ccc(Cl)cc2)nc2ccccc2c1=O)OC1CCCCC1. The Hall–Kier alpha value is -2.66. The van der Waals surface area contributed by atoms with E-state index >= 15 is 0 Å². The van der Waals surface area contributed by atoms with Gasteiger partial charge in [0.1, 0.15) is 18.5 Å². The number of ether oxygens (including phenoxy) is 1. The first-order valence-electron chi connectivity index (χ1n) is 9.57. The molecule has 0 N–H and O–H groups in total. The highest BCUT2D eigenvalue weighted by molar-refractivity contribution is 6.30. The van der Waals surface area contributed by atoms with Gasteiger partial charge in [-0.25, -0.2) is 4.98 Å². The van der Waals surface area contributed by atoms with Gasteiger partial charge in [0, 0.05) is 10.6 Å². The molecule has 0 spiro atoms. The predicted molar refractivity (Wildman–Crippen MR) is 109 cm³/mol. The van der Waals surface area contributed by atoms with E-state index in [-0.39, 0.29) is 18.2 Å². The lowest BCUT2D eigenvalue weighted by molar-refractivity contribution is -0.151. The van der Waals surface area contributed by atoms with E-state index in [1.165, 1.54) is 11.0 Å². The van der Waals surface area contributed by atoms with Crippen LogP contribution in [0, 0.1) is 0 Å². The monoisotopic (exact) mass is 396 g/mol. The molecule has 0 unspecified atom stereocenters. The van der Waals surface area contributed by atoms with Gasteiger partial charge in [-0.05, 0) is 62.1 Å². The molecule has 6 heteroatoms. The van der Waals surface area contributed by atoms with E-state index in [4.69, 9.17) is 16.3 Å². The molecule has 0 atom stereocenters. The van der Waals surface area contributed by atoms with Crippen LogP contribution in [0.5, 0.6) is 0 Å². The zero-order valence-corrected chi connectivity index (χ0v) is 16.2. The molecule has 2 aromatic carbocycles. The molecule has 5 nitrogen and oxygen atoms in total. The van der Waals surface area contributed by atoms with Gasteiger partial charge in [-0.1, -0.05) is 30.2 Å². The maximum absolute atomic E-state index is 13.1. The Morgan fingerprint density at radius 3 is 2.54 bits per heavy atom. The predicted octanol–water partition coefficient (Wildman–Crippen LogP) is 4.59. The highest BCUT2D eigenvalue weighted by Gasteiger charge is 2.20. The molecule has 28 heavy (non-hydrogen) atoms. The van der Waals surface area contributed by atoms with Crippen LogP contribution >= 0.6 is 11.6 Å². The normalized spacial score (nSPS) is 14.9. The van der Waals surface area contributed by atoms with E-state index in [1.54, 1.807) is 42.5 Å². The summed E-state index contributed by atoms with van der Waals surface area (Å²) in [5, 5.41) is 1.07. The van der Waals surface area contributed by atoms with Crippen LogP contribution in [0.25, 0.3) is 22.3 Å². The minimum Gasteiger partial charge on any atom is -0.461 e. The van der Waals surface area contributed by atoms with Gasteiger partial charge in [0.25, 0.3) is 5.56 Å². The second-order valence-electron chi connectivity index (χ2n) is 7.10. The summed E-state index contributed by atoms with van der Waals surface area (Å²) in [4.78, 5) is 30.3. The molecule has 0 aliphatic heterocycles. The van der Waals surface area contributed by atoms with Gasteiger partial charge in [0.2, 0.25) is 0 Å². The number of nitrogens with zero attached hydrogens (tertiary/aromatic N) is 2. The minimum atomic E-state index is -0.402. The molecule has 1 saturated carbocycles. The quantitative estimate of drug-likeness (QED) is 0.605. The average Bonchev–Trinajstić information content (AvgIpc) is 2.71. The van der Waals surface area contributed by atoms with Crippen molar-refractivity contribution in [3.8, 4) is 11.4 Å². The minimum absolute atomic E-state index is 0.0515. The highest BCUT2D eigenvalue weighted by Crippen LogP contribution is 2.23. The summed E-state index contributed by atoms with van der Waals surface area (Å²) in [5.74, 6) is 0.0299. The van der Waals surface area contributed by atoms with Crippen molar-refractivity contribution in [2.24, 2.45) is 0 Å². The lowest BCUT2D eigenvalue weighted by atomic mass is 9.98. The van der Waals surface area contributed by atoms with Crippen molar-refractivity contribution in [1.29, 1.82) is 0 Å². The van der Waals surface area contributed by atoms with E-state index in [2.05, 4.69) is 4.98 Å². The number of halogens is 1. The fraction of sp³-hybridized carbons (Fsp3) is 0.318. The van der Waals surface area contributed by atoms with Crippen molar-refractivity contribution in [3.63, 3.8) is 0 Å². The van der Waals surface area contributed by atoms with Crippen LogP contribution in [0.15, 0.2) is 53.3 Å². The fourth-order valence-electron chi connectivity index (χ4n) is 3.67. The largest absolute Gasteiger partial charge is 0.461 e. The molecule has 1 heterocycles. The number of para-hydroxylation sites is 1. The molecule has 1 aromatic heterocycles. The van der Waals surface area contributed by atoms with E-state index < -0.39 is 5.97 Å². The summed E-state index contributed by atoms with van der Waals surface area (Å²) in [6, 6.07) is 14.2. The van der Waals surface area contributed by atoms with Crippen LogP contribution in [0.3, 0.4) is 0 Å². The third-order valence-electron chi connectivity index (χ3n) is 5.10. The van der Waals surface area contributed by atoms with Crippen molar-refractivity contribution in [3.05, 3.63) is 63.9 Å². The third kappa shape index (κ3) is 3.94. The first-order chi connectivity index (χ1) is 13.6. The molecular weight excluding hydrogens is 376 g/mol. The van der Waals surface area contributed by atoms with Gasteiger partial charge in [-0.3, -0.25) is 14.2 Å². The maximum atomic E-state index is 13.1. The van der Waals surface area contributed by atoms with Crippen molar-refractivity contribution in [2.45, 2.75) is 44.8 Å². The number of benzene rings is 2.